The Morgan fingerprint density at radius 1 is 0.500 bits per heavy atom. The first-order valence-corrected chi connectivity index (χ1v) is 19.5. The number of benzene rings is 5. The maximum atomic E-state index is 11.3. The van der Waals surface area contributed by atoms with Crippen LogP contribution in [0, 0.1) is 0 Å². The number of nitrogens with zero attached hydrogens (tertiary/aromatic N) is 4. The van der Waals surface area contributed by atoms with Crippen LogP contribution < -0.4 is 0 Å². The predicted octanol–water partition coefficient (Wildman–Crippen LogP) is 13.2. The van der Waals surface area contributed by atoms with Gasteiger partial charge in [-0.2, -0.15) is 0 Å². The van der Waals surface area contributed by atoms with E-state index in [4.69, 9.17) is 15.0 Å². The maximum Gasteiger partial charge on any atom is 0.145 e. The Morgan fingerprint density at radius 2 is 1.18 bits per heavy atom. The van der Waals surface area contributed by atoms with E-state index >= 15 is 0 Å². The van der Waals surface area contributed by atoms with E-state index in [1.54, 1.807) is 6.07 Å². The van der Waals surface area contributed by atoms with Crippen LogP contribution in [0.4, 0.5) is 0 Å². The van der Waals surface area contributed by atoms with Gasteiger partial charge in [0.25, 0.3) is 0 Å². The van der Waals surface area contributed by atoms with Crippen molar-refractivity contribution in [3.05, 3.63) is 150 Å². The Kier molecular flexibility index (Phi) is 8.95. The van der Waals surface area contributed by atoms with E-state index in [0.29, 0.717) is 16.8 Å². The molecule has 0 unspecified atom stereocenters. The molecule has 8 rings (SSSR count). The molecule has 3 aromatic heterocycles. The molecular weight excluding hydrogens is 685 g/mol. The Hall–Kier alpha value is -6.07. The van der Waals surface area contributed by atoms with Gasteiger partial charge in [0.05, 0.1) is 11.0 Å². The molecule has 0 fully saturated rings. The highest BCUT2D eigenvalue weighted by Gasteiger charge is 2.25. The number of fused-ring (bicyclic) bond motifs is 2. The molecule has 3 heterocycles. The fourth-order valence-electron chi connectivity index (χ4n) is 7.69. The highest BCUT2D eigenvalue weighted by molar-refractivity contribution is 5.99. The van der Waals surface area contributed by atoms with Crippen LogP contribution in [0.2, 0.25) is 0 Å². The summed E-state index contributed by atoms with van der Waals surface area (Å²) in [7, 11) is 0. The third-order valence-corrected chi connectivity index (χ3v) is 10.9. The van der Waals surface area contributed by atoms with Gasteiger partial charge in [0.2, 0.25) is 0 Å². The third kappa shape index (κ3) is 6.76. The number of imidazole rings is 1. The molecule has 0 amide bonds. The second-order valence-electron chi connectivity index (χ2n) is 18.1. The topological polar surface area (TPSA) is 63.8 Å². The molecular formula is C51H50N4O. The second-order valence-corrected chi connectivity index (χ2v) is 18.1. The van der Waals surface area contributed by atoms with Crippen molar-refractivity contribution in [2.75, 3.05) is 0 Å². The first-order chi connectivity index (χ1) is 26.6. The van der Waals surface area contributed by atoms with Crippen LogP contribution >= 0.6 is 0 Å². The largest absolute Gasteiger partial charge is 0.507 e. The Morgan fingerprint density at radius 3 is 1.88 bits per heavy atom. The third-order valence-electron chi connectivity index (χ3n) is 10.9. The van der Waals surface area contributed by atoms with Gasteiger partial charge < -0.3 is 5.11 Å². The van der Waals surface area contributed by atoms with Gasteiger partial charge in [-0.1, -0.05) is 129 Å². The number of aromatic nitrogens is 4. The van der Waals surface area contributed by atoms with Crippen LogP contribution in [0.15, 0.2) is 134 Å². The summed E-state index contributed by atoms with van der Waals surface area (Å²) in [6, 6.07) is 42.2. The lowest BCUT2D eigenvalue weighted by Crippen LogP contribution is -2.15. The fourth-order valence-corrected chi connectivity index (χ4v) is 7.69. The molecule has 0 bridgehead atoms. The summed E-state index contributed by atoms with van der Waals surface area (Å²) in [6.07, 6.45) is 3.77. The lowest BCUT2D eigenvalue weighted by Gasteiger charge is -2.25. The molecule has 0 aliphatic rings. The molecule has 1 N–H and O–H groups in total. The molecule has 280 valence electrons. The molecule has 5 heteroatoms. The van der Waals surface area contributed by atoms with E-state index in [-0.39, 0.29) is 22.0 Å². The van der Waals surface area contributed by atoms with E-state index in [2.05, 4.69) is 146 Å². The van der Waals surface area contributed by atoms with Crippen LogP contribution in [0.1, 0.15) is 79.0 Å². The second kappa shape index (κ2) is 13.6. The minimum atomic E-state index is -0.0640. The maximum absolute atomic E-state index is 11.3. The number of pyridine rings is 2. The first-order valence-electron chi connectivity index (χ1n) is 19.5. The van der Waals surface area contributed by atoms with Gasteiger partial charge in [-0.25, -0.2) is 4.98 Å². The lowest BCUT2D eigenvalue weighted by molar-refractivity contribution is 0.477. The monoisotopic (exact) mass is 734 g/mol. The van der Waals surface area contributed by atoms with E-state index in [9.17, 15) is 5.11 Å². The number of hydrogen-bond donors (Lipinski definition) is 1. The zero-order valence-corrected chi connectivity index (χ0v) is 33.9. The Labute approximate surface area is 330 Å². The number of hydrogen-bond acceptors (Lipinski definition) is 4. The van der Waals surface area contributed by atoms with Gasteiger partial charge in [-0.15, -0.1) is 0 Å². The van der Waals surface area contributed by atoms with Crippen LogP contribution in [0.25, 0.3) is 72.5 Å². The van der Waals surface area contributed by atoms with Crippen molar-refractivity contribution in [2.45, 2.75) is 78.6 Å². The molecule has 5 aromatic carbocycles. The smallest absolute Gasteiger partial charge is 0.145 e. The van der Waals surface area contributed by atoms with Crippen molar-refractivity contribution in [2.24, 2.45) is 0 Å². The summed E-state index contributed by atoms with van der Waals surface area (Å²) in [4.78, 5) is 15.3. The Balaban J connectivity index is 1.38. The summed E-state index contributed by atoms with van der Waals surface area (Å²) in [5.74, 6) is 0.947. The van der Waals surface area contributed by atoms with Gasteiger partial charge >= 0.3 is 0 Å². The highest BCUT2D eigenvalue weighted by atomic mass is 16.3. The molecule has 5 nitrogen and oxygen atoms in total. The molecule has 0 radical (unpaired) electrons. The summed E-state index contributed by atoms with van der Waals surface area (Å²) >= 11 is 0. The zero-order valence-electron chi connectivity index (χ0n) is 33.9. The molecule has 0 saturated carbocycles. The van der Waals surface area contributed by atoms with Crippen molar-refractivity contribution in [1.82, 2.24) is 19.5 Å². The van der Waals surface area contributed by atoms with Crippen molar-refractivity contribution < 1.29 is 5.11 Å². The molecule has 0 aliphatic heterocycles. The zero-order chi connectivity index (χ0) is 39.6. The van der Waals surface area contributed by atoms with Crippen LogP contribution in [0.3, 0.4) is 0 Å². The molecule has 0 aliphatic carbocycles. The van der Waals surface area contributed by atoms with Crippen LogP contribution in [0.5, 0.6) is 5.75 Å². The van der Waals surface area contributed by atoms with Crippen molar-refractivity contribution in [3.63, 3.8) is 0 Å². The summed E-state index contributed by atoms with van der Waals surface area (Å²) in [5.41, 5.74) is 13.8. The molecule has 0 atom stereocenters. The van der Waals surface area contributed by atoms with Crippen molar-refractivity contribution in [3.8, 4) is 56.3 Å². The van der Waals surface area contributed by atoms with E-state index in [0.717, 1.165) is 50.4 Å². The average Bonchev–Trinajstić information content (AvgIpc) is 3.57. The van der Waals surface area contributed by atoms with Gasteiger partial charge in [0.15, 0.2) is 0 Å². The quantitative estimate of drug-likeness (QED) is 0.191. The molecule has 8 aromatic rings. The summed E-state index contributed by atoms with van der Waals surface area (Å²) in [5, 5.41) is 12.5. The van der Waals surface area contributed by atoms with E-state index in [1.165, 1.54) is 22.1 Å². The first kappa shape index (κ1) is 36.9. The number of phenols is 1. The SMILES string of the molecule is CC(C)(C)c1ccc(-n2c(-c3cccc(-c4cc(C(C)(C)C)cc5c(C(C)(C)C)ccnc45)c3)nc3c(-c4cc(-c5ccccc5)ccc4O)nccc32)cc1. The van der Waals surface area contributed by atoms with E-state index in [1.807, 2.05) is 48.8 Å². The molecule has 0 saturated heterocycles. The highest BCUT2D eigenvalue weighted by Crippen LogP contribution is 2.42. The molecule has 0 spiro atoms. The lowest BCUT2D eigenvalue weighted by atomic mass is 9.80. The van der Waals surface area contributed by atoms with Crippen molar-refractivity contribution >= 4 is 21.9 Å². The summed E-state index contributed by atoms with van der Waals surface area (Å²) in [6.45, 7) is 20.3. The van der Waals surface area contributed by atoms with Gasteiger partial charge in [0, 0.05) is 40.2 Å². The van der Waals surface area contributed by atoms with Gasteiger partial charge in [-0.05, 0) is 104 Å². The van der Waals surface area contributed by atoms with Gasteiger partial charge in [-0.3, -0.25) is 14.5 Å². The summed E-state index contributed by atoms with van der Waals surface area (Å²) < 4.78 is 2.23. The number of aromatic hydroxyl groups is 1. The fraction of sp³-hybridized carbons (Fsp3) is 0.235. The van der Waals surface area contributed by atoms with E-state index < -0.39 is 0 Å². The average molecular weight is 735 g/mol. The number of phenolic OH excluding ortho intramolecular Hbond substituents is 1. The minimum Gasteiger partial charge on any atom is -0.507 e. The Bertz CT molecular complexity index is 2740. The molecule has 56 heavy (non-hydrogen) atoms. The normalized spacial score (nSPS) is 12.4. The number of rotatable bonds is 5. The standard InChI is InChI=1S/C51H50N4O/c1-49(2,3)36-19-21-38(22-20-36)55-43-25-27-53-46(41-29-33(18-23-44(41)56)32-14-11-10-12-15-32)47(43)54-48(55)35-17-13-16-34(28-35)39-30-37(50(4,5)6)31-40-42(51(7,8)9)24-26-52-45(39)40/h10-31,56H,1-9H3. The van der Waals surface area contributed by atoms with Gasteiger partial charge in [0.1, 0.15) is 22.8 Å². The van der Waals surface area contributed by atoms with Crippen LogP contribution in [-0.2, 0) is 16.2 Å². The predicted molar refractivity (Wildman–Crippen MR) is 234 cm³/mol. The van der Waals surface area contributed by atoms with Crippen LogP contribution in [-0.4, -0.2) is 24.6 Å². The van der Waals surface area contributed by atoms with Crippen molar-refractivity contribution in [1.29, 1.82) is 0 Å². The minimum absolute atomic E-state index is 0.0103.